The van der Waals surface area contributed by atoms with Crippen LogP contribution >= 0.6 is 0 Å². The summed E-state index contributed by atoms with van der Waals surface area (Å²) in [6.45, 7) is 9.88. The van der Waals surface area contributed by atoms with Crippen LogP contribution in [-0.2, 0) is 9.59 Å². The summed E-state index contributed by atoms with van der Waals surface area (Å²) in [5.74, 6) is -0.176. The number of rotatable bonds is 7. The maximum Gasteiger partial charge on any atom is 0.176 e. The Kier molecular flexibility index (Phi) is 6.02. The van der Waals surface area contributed by atoms with Crippen LogP contribution in [0.3, 0.4) is 0 Å². The lowest BCUT2D eigenvalue weighted by Gasteiger charge is -2.32. The number of carbonyl (C=O) groups excluding carboxylic acids is 2. The lowest BCUT2D eigenvalue weighted by Crippen LogP contribution is -2.43. The molecule has 5 heteroatoms. The van der Waals surface area contributed by atoms with Gasteiger partial charge in [0, 0.05) is 17.8 Å². The molecule has 0 heterocycles. The van der Waals surface area contributed by atoms with Gasteiger partial charge in [-0.15, -0.1) is 0 Å². The van der Waals surface area contributed by atoms with E-state index >= 15 is 0 Å². The van der Waals surface area contributed by atoms with E-state index in [2.05, 4.69) is 24.7 Å². The van der Waals surface area contributed by atoms with Crippen molar-refractivity contribution in [3.63, 3.8) is 0 Å². The number of ketones is 2. The number of para-hydroxylation sites is 1. The van der Waals surface area contributed by atoms with Crippen LogP contribution in [0.5, 0.6) is 0 Å². The molecule has 21 heavy (non-hydrogen) atoms. The van der Waals surface area contributed by atoms with Crippen LogP contribution in [0, 0.1) is 0 Å². The Hall–Kier alpha value is -1.75. The Morgan fingerprint density at radius 2 is 1.62 bits per heavy atom. The quantitative estimate of drug-likeness (QED) is 0.334. The predicted octanol–water partition coefficient (Wildman–Crippen LogP) is 3.64. The number of benzene rings is 1. The molecular weight excluding hydrogens is 280 g/mol. The van der Waals surface area contributed by atoms with E-state index < -0.39 is 8.24 Å². The first kappa shape index (κ1) is 17.3. The second kappa shape index (κ2) is 7.31. The van der Waals surface area contributed by atoms with Gasteiger partial charge in [0.2, 0.25) is 0 Å². The second-order valence-corrected chi connectivity index (χ2v) is 11.0. The summed E-state index contributed by atoms with van der Waals surface area (Å²) in [7, 11) is -1.71. The van der Waals surface area contributed by atoms with Crippen LogP contribution in [0.4, 0.5) is 5.69 Å². The Morgan fingerprint density at radius 3 is 2.10 bits per heavy atom. The third-order valence-electron chi connectivity index (χ3n) is 2.81. The minimum atomic E-state index is -1.71. The van der Waals surface area contributed by atoms with Gasteiger partial charge in [0.25, 0.3) is 0 Å². The van der Waals surface area contributed by atoms with Crippen LogP contribution < -0.4 is 4.67 Å². The Bertz CT molecular complexity index is 533. The van der Waals surface area contributed by atoms with E-state index in [1.54, 1.807) is 0 Å². The van der Waals surface area contributed by atoms with Crippen LogP contribution in [0.2, 0.25) is 19.6 Å². The summed E-state index contributed by atoms with van der Waals surface area (Å²) in [6.07, 6.45) is 0.221. The highest BCUT2D eigenvalue weighted by Crippen LogP contribution is 2.22. The summed E-state index contributed by atoms with van der Waals surface area (Å²) in [5.41, 5.74) is 1.78. The number of carbonyl (C=O) groups is 2. The average molecular weight is 304 g/mol. The average Bonchev–Trinajstić information content (AvgIpc) is 2.34. The molecule has 0 aliphatic heterocycles. The maximum atomic E-state index is 11.7. The smallest absolute Gasteiger partial charge is 0.176 e. The van der Waals surface area contributed by atoms with Crippen molar-refractivity contribution in [3.05, 3.63) is 30.3 Å². The molecule has 0 radical (unpaired) electrons. The van der Waals surface area contributed by atoms with Crippen LogP contribution in [0.25, 0.3) is 0 Å². The molecule has 0 N–H and O–H groups in total. The molecule has 0 aliphatic carbocycles. The van der Waals surface area contributed by atoms with Crippen molar-refractivity contribution in [3.8, 4) is 0 Å². The fourth-order valence-corrected chi connectivity index (χ4v) is 3.39. The number of Topliss-reactive ketones (excluding diaryl/α,β-unsaturated/α-hetero) is 2. The molecule has 0 fully saturated rings. The second-order valence-electron chi connectivity index (χ2n) is 6.25. The van der Waals surface area contributed by atoms with Gasteiger partial charge in [-0.3, -0.25) is 14.3 Å². The highest BCUT2D eigenvalue weighted by atomic mass is 28.3. The highest BCUT2D eigenvalue weighted by molar-refractivity contribution is 6.79. The predicted molar refractivity (Wildman–Crippen MR) is 90.3 cm³/mol. The van der Waals surface area contributed by atoms with E-state index in [-0.39, 0.29) is 24.4 Å². The van der Waals surface area contributed by atoms with Crippen molar-refractivity contribution >= 4 is 31.2 Å². The van der Waals surface area contributed by atoms with Crippen molar-refractivity contribution in [1.82, 2.24) is 0 Å². The van der Waals surface area contributed by atoms with E-state index in [4.69, 9.17) is 0 Å². The van der Waals surface area contributed by atoms with Crippen LogP contribution in [0.1, 0.15) is 26.7 Å². The van der Waals surface area contributed by atoms with Gasteiger partial charge in [-0.25, -0.2) is 0 Å². The standard InChI is InChI=1S/C16H24N2O2Si/c1-13(11-16(20)12-14(2)19)17-18(21(3,4)5)15-9-7-6-8-10-15/h6-10H,11-12H2,1-5H3. The minimum absolute atomic E-state index is 0.00879. The largest absolute Gasteiger partial charge is 0.300 e. The van der Waals surface area contributed by atoms with Crippen LogP contribution in [-0.4, -0.2) is 25.5 Å². The molecule has 1 aromatic rings. The molecule has 0 aromatic heterocycles. The number of hydrazone groups is 1. The van der Waals surface area contributed by atoms with Crippen molar-refractivity contribution in [1.29, 1.82) is 0 Å². The molecule has 1 rings (SSSR count). The number of hydrogen-bond acceptors (Lipinski definition) is 4. The van der Waals surface area contributed by atoms with Gasteiger partial charge in [0.15, 0.2) is 8.24 Å². The van der Waals surface area contributed by atoms with Gasteiger partial charge in [-0.05, 0) is 45.6 Å². The molecule has 0 atom stereocenters. The molecule has 0 unspecified atom stereocenters. The van der Waals surface area contributed by atoms with Gasteiger partial charge in [-0.1, -0.05) is 18.2 Å². The lowest BCUT2D eigenvalue weighted by atomic mass is 10.1. The first-order valence-corrected chi connectivity index (χ1v) is 10.6. The van der Waals surface area contributed by atoms with Crippen molar-refractivity contribution in [2.75, 3.05) is 4.67 Å². The minimum Gasteiger partial charge on any atom is -0.300 e. The molecule has 4 nitrogen and oxygen atoms in total. The fraction of sp³-hybridized carbons (Fsp3) is 0.438. The summed E-state index contributed by atoms with van der Waals surface area (Å²) in [4.78, 5) is 22.7. The Balaban J connectivity index is 2.93. The van der Waals surface area contributed by atoms with E-state index in [1.807, 2.05) is 41.9 Å². The number of anilines is 1. The fourth-order valence-electron chi connectivity index (χ4n) is 2.00. The normalized spacial score (nSPS) is 12.1. The van der Waals surface area contributed by atoms with Gasteiger partial charge >= 0.3 is 0 Å². The lowest BCUT2D eigenvalue weighted by molar-refractivity contribution is -0.125. The van der Waals surface area contributed by atoms with Crippen molar-refractivity contribution in [2.24, 2.45) is 5.10 Å². The van der Waals surface area contributed by atoms with Crippen LogP contribution in [0.15, 0.2) is 35.4 Å². The summed E-state index contributed by atoms with van der Waals surface area (Å²) in [6, 6.07) is 9.97. The molecule has 0 spiro atoms. The molecule has 0 bridgehead atoms. The summed E-state index contributed by atoms with van der Waals surface area (Å²) in [5, 5.41) is 4.64. The summed E-state index contributed by atoms with van der Waals surface area (Å²) >= 11 is 0. The van der Waals surface area contributed by atoms with E-state index in [9.17, 15) is 9.59 Å². The van der Waals surface area contributed by atoms with Crippen molar-refractivity contribution in [2.45, 2.75) is 46.3 Å². The Labute approximate surface area is 127 Å². The van der Waals surface area contributed by atoms with Gasteiger partial charge in [0.05, 0.1) is 6.42 Å². The molecule has 114 valence electrons. The van der Waals surface area contributed by atoms with Crippen molar-refractivity contribution < 1.29 is 9.59 Å². The first-order valence-electron chi connectivity index (χ1n) is 7.10. The third-order valence-corrected chi connectivity index (χ3v) is 4.44. The van der Waals surface area contributed by atoms with Gasteiger partial charge in [0.1, 0.15) is 11.6 Å². The zero-order chi connectivity index (χ0) is 16.0. The number of hydrogen-bond donors (Lipinski definition) is 0. The zero-order valence-corrected chi connectivity index (χ0v) is 14.5. The molecular formula is C16H24N2O2Si. The molecule has 1 aromatic carbocycles. The van der Waals surface area contributed by atoms with E-state index in [0.29, 0.717) is 0 Å². The van der Waals surface area contributed by atoms with E-state index in [1.165, 1.54) is 6.92 Å². The topological polar surface area (TPSA) is 49.7 Å². The number of nitrogens with zero attached hydrogens (tertiary/aromatic N) is 2. The Morgan fingerprint density at radius 1 is 1.05 bits per heavy atom. The summed E-state index contributed by atoms with van der Waals surface area (Å²) < 4.78 is 2.05. The maximum absolute atomic E-state index is 11.7. The highest BCUT2D eigenvalue weighted by Gasteiger charge is 2.24. The molecule has 0 saturated heterocycles. The third kappa shape index (κ3) is 6.04. The monoisotopic (exact) mass is 304 g/mol. The first-order chi connectivity index (χ1) is 9.70. The van der Waals surface area contributed by atoms with Gasteiger partial charge < -0.3 is 0 Å². The molecule has 0 amide bonds. The molecule has 0 aliphatic rings. The van der Waals surface area contributed by atoms with Gasteiger partial charge in [-0.2, -0.15) is 5.10 Å². The molecule has 0 saturated carbocycles. The zero-order valence-electron chi connectivity index (χ0n) is 13.5. The van der Waals surface area contributed by atoms with E-state index in [0.717, 1.165) is 11.4 Å². The SMILES string of the molecule is CC(=O)CC(=O)CC(C)=NN(c1ccccc1)[Si](C)(C)C.